The number of rotatable bonds is 7. The van der Waals surface area contributed by atoms with E-state index in [1.807, 2.05) is 19.1 Å². The Morgan fingerprint density at radius 1 is 0.935 bits per heavy atom. The van der Waals surface area contributed by atoms with Crippen LogP contribution in [0.15, 0.2) is 42.5 Å². The summed E-state index contributed by atoms with van der Waals surface area (Å²) in [6, 6.07) is 12.0. The fourth-order valence-corrected chi connectivity index (χ4v) is 3.00. The van der Waals surface area contributed by atoms with Gasteiger partial charge in [0.1, 0.15) is 5.75 Å². The van der Waals surface area contributed by atoms with Crippen LogP contribution in [0.25, 0.3) is 10.9 Å². The second-order valence-electron chi connectivity index (χ2n) is 6.80. The van der Waals surface area contributed by atoms with E-state index in [1.165, 1.54) is 7.11 Å². The summed E-state index contributed by atoms with van der Waals surface area (Å²) in [5.41, 5.74) is 6.82. The average Bonchev–Trinajstić information content (AvgIpc) is 2.80. The number of hydrogen-bond acceptors (Lipinski definition) is 6. The molecule has 8 heteroatoms. The van der Waals surface area contributed by atoms with Crippen molar-refractivity contribution in [2.75, 3.05) is 20.8 Å². The SMILES string of the molecule is CCCOc1ccc(C(=O)NNC(=O)c2cc3cc(OC)ccc3nc2C)cc1OC. The third-order valence-corrected chi connectivity index (χ3v) is 4.63. The van der Waals surface area contributed by atoms with E-state index in [-0.39, 0.29) is 0 Å². The topological polar surface area (TPSA) is 98.8 Å². The van der Waals surface area contributed by atoms with Gasteiger partial charge in [0.2, 0.25) is 0 Å². The van der Waals surface area contributed by atoms with Crippen molar-refractivity contribution < 1.29 is 23.8 Å². The van der Waals surface area contributed by atoms with Gasteiger partial charge in [0.25, 0.3) is 11.8 Å². The molecule has 0 saturated heterocycles. The van der Waals surface area contributed by atoms with Gasteiger partial charge in [0, 0.05) is 10.9 Å². The molecule has 0 fully saturated rings. The maximum atomic E-state index is 12.7. The number of aromatic nitrogens is 1. The highest BCUT2D eigenvalue weighted by molar-refractivity contribution is 6.01. The number of ether oxygens (including phenoxy) is 3. The third kappa shape index (κ3) is 5.03. The van der Waals surface area contributed by atoms with Crippen LogP contribution >= 0.6 is 0 Å². The lowest BCUT2D eigenvalue weighted by atomic mass is 10.1. The molecule has 3 aromatic rings. The van der Waals surface area contributed by atoms with Crippen molar-refractivity contribution in [1.29, 1.82) is 0 Å². The molecule has 162 valence electrons. The Kier molecular flexibility index (Phi) is 6.92. The number of benzene rings is 2. The molecule has 0 atom stereocenters. The van der Waals surface area contributed by atoms with Crippen LogP contribution in [0.2, 0.25) is 0 Å². The molecular formula is C23H25N3O5. The number of hydrazine groups is 1. The summed E-state index contributed by atoms with van der Waals surface area (Å²) >= 11 is 0. The first-order chi connectivity index (χ1) is 15.0. The Morgan fingerprint density at radius 2 is 1.71 bits per heavy atom. The summed E-state index contributed by atoms with van der Waals surface area (Å²) in [5.74, 6) is 0.701. The van der Waals surface area contributed by atoms with Gasteiger partial charge in [-0.3, -0.25) is 25.4 Å². The highest BCUT2D eigenvalue weighted by Gasteiger charge is 2.15. The molecular weight excluding hydrogens is 398 g/mol. The van der Waals surface area contributed by atoms with Crippen LogP contribution in [-0.2, 0) is 0 Å². The zero-order valence-electron chi connectivity index (χ0n) is 17.9. The number of fused-ring (bicyclic) bond motifs is 1. The highest BCUT2D eigenvalue weighted by atomic mass is 16.5. The molecule has 0 aliphatic heterocycles. The number of carbonyl (C=O) groups is 2. The number of methoxy groups -OCH3 is 2. The van der Waals surface area contributed by atoms with Gasteiger partial charge in [0.05, 0.1) is 37.6 Å². The van der Waals surface area contributed by atoms with Crippen molar-refractivity contribution >= 4 is 22.7 Å². The summed E-state index contributed by atoms with van der Waals surface area (Å²) < 4.78 is 16.1. The summed E-state index contributed by atoms with van der Waals surface area (Å²) in [6.07, 6.45) is 0.854. The number of nitrogens with one attached hydrogen (secondary N) is 2. The van der Waals surface area contributed by atoms with Gasteiger partial charge < -0.3 is 14.2 Å². The van der Waals surface area contributed by atoms with Crippen LogP contribution in [0, 0.1) is 6.92 Å². The zero-order chi connectivity index (χ0) is 22.4. The van der Waals surface area contributed by atoms with Crippen LogP contribution in [0.5, 0.6) is 17.2 Å². The first-order valence-corrected chi connectivity index (χ1v) is 9.83. The van der Waals surface area contributed by atoms with Crippen molar-refractivity contribution in [2.24, 2.45) is 0 Å². The van der Waals surface area contributed by atoms with Gasteiger partial charge in [-0.2, -0.15) is 0 Å². The standard InChI is InChI=1S/C23H25N3O5/c1-5-10-31-20-9-6-15(13-21(20)30-4)22(27)25-26-23(28)18-12-16-11-17(29-3)7-8-19(16)24-14(18)2/h6-9,11-13H,5,10H2,1-4H3,(H,25,27)(H,26,28). The van der Waals surface area contributed by atoms with E-state index in [0.29, 0.717) is 40.7 Å². The van der Waals surface area contributed by atoms with Crippen molar-refractivity contribution in [3.63, 3.8) is 0 Å². The van der Waals surface area contributed by atoms with Gasteiger partial charge in [0.15, 0.2) is 11.5 Å². The van der Waals surface area contributed by atoms with E-state index in [1.54, 1.807) is 44.4 Å². The van der Waals surface area contributed by atoms with Crippen LogP contribution in [0.3, 0.4) is 0 Å². The van der Waals surface area contributed by atoms with E-state index in [0.717, 1.165) is 17.3 Å². The fourth-order valence-electron chi connectivity index (χ4n) is 3.00. The van der Waals surface area contributed by atoms with Crippen molar-refractivity contribution in [1.82, 2.24) is 15.8 Å². The molecule has 2 N–H and O–H groups in total. The number of nitrogens with zero attached hydrogens (tertiary/aromatic N) is 1. The van der Waals surface area contributed by atoms with E-state index >= 15 is 0 Å². The molecule has 2 amide bonds. The summed E-state index contributed by atoms with van der Waals surface area (Å²) in [5, 5.41) is 0.758. The first-order valence-electron chi connectivity index (χ1n) is 9.83. The number of pyridine rings is 1. The Bertz CT molecular complexity index is 1110. The predicted octanol–water partition coefficient (Wildman–Crippen LogP) is 3.42. The van der Waals surface area contributed by atoms with Gasteiger partial charge >= 0.3 is 0 Å². The zero-order valence-corrected chi connectivity index (χ0v) is 17.9. The maximum Gasteiger partial charge on any atom is 0.271 e. The van der Waals surface area contributed by atoms with Gasteiger partial charge in [-0.05, 0) is 55.8 Å². The minimum absolute atomic E-state index is 0.319. The second kappa shape index (κ2) is 9.80. The monoisotopic (exact) mass is 423 g/mol. The Hall–Kier alpha value is -3.81. The minimum atomic E-state index is -0.484. The molecule has 31 heavy (non-hydrogen) atoms. The van der Waals surface area contributed by atoms with Crippen molar-refractivity contribution in [2.45, 2.75) is 20.3 Å². The summed E-state index contributed by atoms with van der Waals surface area (Å²) in [4.78, 5) is 29.6. The summed E-state index contributed by atoms with van der Waals surface area (Å²) in [7, 11) is 3.07. The lowest BCUT2D eigenvalue weighted by molar-refractivity contribution is 0.0846. The van der Waals surface area contributed by atoms with Gasteiger partial charge in [-0.15, -0.1) is 0 Å². The Labute approximate surface area is 180 Å². The molecule has 0 saturated carbocycles. The first kappa shape index (κ1) is 21.9. The normalized spacial score (nSPS) is 10.5. The third-order valence-electron chi connectivity index (χ3n) is 4.63. The number of hydrogen-bond donors (Lipinski definition) is 2. The fraction of sp³-hybridized carbons (Fsp3) is 0.261. The minimum Gasteiger partial charge on any atom is -0.497 e. The van der Waals surface area contributed by atoms with Crippen molar-refractivity contribution in [3.05, 3.63) is 59.3 Å². The molecule has 0 spiro atoms. The van der Waals surface area contributed by atoms with E-state index in [9.17, 15) is 9.59 Å². The molecule has 0 aliphatic carbocycles. The van der Waals surface area contributed by atoms with E-state index in [4.69, 9.17) is 14.2 Å². The van der Waals surface area contributed by atoms with Crippen LogP contribution in [0.4, 0.5) is 0 Å². The lowest BCUT2D eigenvalue weighted by Crippen LogP contribution is -2.42. The van der Waals surface area contributed by atoms with Crippen LogP contribution in [-0.4, -0.2) is 37.6 Å². The van der Waals surface area contributed by atoms with Gasteiger partial charge in [-0.1, -0.05) is 6.92 Å². The van der Waals surface area contributed by atoms with Gasteiger partial charge in [-0.25, -0.2) is 0 Å². The average molecular weight is 423 g/mol. The predicted molar refractivity (Wildman–Crippen MR) is 117 cm³/mol. The maximum absolute atomic E-state index is 12.7. The molecule has 1 aromatic heterocycles. The molecule has 0 radical (unpaired) electrons. The number of aryl methyl sites for hydroxylation is 1. The molecule has 8 nitrogen and oxygen atoms in total. The number of amides is 2. The van der Waals surface area contributed by atoms with Crippen LogP contribution < -0.4 is 25.1 Å². The smallest absolute Gasteiger partial charge is 0.271 e. The Morgan fingerprint density at radius 3 is 2.42 bits per heavy atom. The molecule has 2 aromatic carbocycles. The molecule has 1 heterocycles. The molecule has 0 bridgehead atoms. The quantitative estimate of drug-likeness (QED) is 0.565. The molecule has 0 unspecified atom stereocenters. The van der Waals surface area contributed by atoms with Crippen LogP contribution in [0.1, 0.15) is 39.8 Å². The molecule has 0 aliphatic rings. The largest absolute Gasteiger partial charge is 0.497 e. The Balaban J connectivity index is 1.73. The molecule has 3 rings (SSSR count). The van der Waals surface area contributed by atoms with E-state index in [2.05, 4.69) is 15.8 Å². The highest BCUT2D eigenvalue weighted by Crippen LogP contribution is 2.28. The van der Waals surface area contributed by atoms with Crippen molar-refractivity contribution in [3.8, 4) is 17.2 Å². The lowest BCUT2D eigenvalue weighted by Gasteiger charge is -2.13. The summed E-state index contributed by atoms with van der Waals surface area (Å²) in [6.45, 7) is 4.28. The second-order valence-corrected chi connectivity index (χ2v) is 6.80. The van der Waals surface area contributed by atoms with E-state index < -0.39 is 11.8 Å². The number of carbonyl (C=O) groups excluding carboxylic acids is 2.